The molecular formula is C21H22NO3-. The molecule has 0 fully saturated rings. The summed E-state index contributed by atoms with van der Waals surface area (Å²) in [6.07, 6.45) is -0.671. The summed E-state index contributed by atoms with van der Waals surface area (Å²) in [5.74, 6) is -0.150. The maximum Gasteiger partial charge on any atom is 0.154 e. The van der Waals surface area contributed by atoms with E-state index in [0.29, 0.717) is 0 Å². The fraction of sp³-hybridized carbons (Fsp3) is 0.333. The lowest BCUT2D eigenvalue weighted by Crippen LogP contribution is -2.30. The first-order chi connectivity index (χ1) is 12.0. The Morgan fingerprint density at radius 2 is 1.60 bits per heavy atom. The van der Waals surface area contributed by atoms with Crippen LogP contribution in [0.5, 0.6) is 0 Å². The second kappa shape index (κ2) is 7.09. The maximum absolute atomic E-state index is 12.1. The summed E-state index contributed by atoms with van der Waals surface area (Å²) in [5, 5.41) is 12.1. The van der Waals surface area contributed by atoms with Crippen LogP contribution in [-0.2, 0) is 9.53 Å². The van der Waals surface area contributed by atoms with Crippen molar-refractivity contribution in [2.45, 2.75) is 32.7 Å². The summed E-state index contributed by atoms with van der Waals surface area (Å²) in [6, 6.07) is 15.7. The highest BCUT2D eigenvalue weighted by Crippen LogP contribution is 2.44. The number of rotatable bonds is 5. The molecule has 0 amide bonds. The van der Waals surface area contributed by atoms with Gasteiger partial charge in [-0.2, -0.15) is 0 Å². The van der Waals surface area contributed by atoms with Crippen molar-refractivity contribution in [1.29, 1.82) is 0 Å². The van der Waals surface area contributed by atoms with E-state index in [-0.39, 0.29) is 24.2 Å². The van der Waals surface area contributed by atoms with Gasteiger partial charge in [0, 0.05) is 12.5 Å². The molecule has 130 valence electrons. The van der Waals surface area contributed by atoms with Crippen LogP contribution in [0.25, 0.3) is 11.1 Å². The van der Waals surface area contributed by atoms with Gasteiger partial charge < -0.3 is 9.84 Å². The Labute approximate surface area is 148 Å². The lowest BCUT2D eigenvalue weighted by Gasteiger charge is -2.23. The van der Waals surface area contributed by atoms with E-state index in [1.165, 1.54) is 18.1 Å². The molecular weight excluding hydrogens is 314 g/mol. The van der Waals surface area contributed by atoms with Crippen molar-refractivity contribution >= 4 is 11.9 Å². The zero-order chi connectivity index (χ0) is 18.0. The van der Waals surface area contributed by atoms with Gasteiger partial charge in [0.1, 0.15) is 12.1 Å². The lowest BCUT2D eigenvalue weighted by molar-refractivity contribution is -0.251. The van der Waals surface area contributed by atoms with E-state index in [1.54, 1.807) is 0 Å². The molecule has 4 nitrogen and oxygen atoms in total. The number of ether oxygens (including phenoxy) is 1. The number of carbonyl (C=O) groups is 1. The third kappa shape index (κ3) is 3.43. The first kappa shape index (κ1) is 17.2. The summed E-state index contributed by atoms with van der Waals surface area (Å²) in [7, 11) is 0. The molecule has 3 rings (SSSR count). The highest BCUT2D eigenvalue weighted by atomic mass is 16.6. The normalized spacial score (nSPS) is 15.0. The van der Waals surface area contributed by atoms with Crippen molar-refractivity contribution in [2.75, 3.05) is 6.61 Å². The van der Waals surface area contributed by atoms with Gasteiger partial charge in [0.05, 0.1) is 0 Å². The van der Waals surface area contributed by atoms with E-state index in [9.17, 15) is 9.90 Å². The van der Waals surface area contributed by atoms with Crippen LogP contribution < -0.4 is 5.11 Å². The number of aliphatic imine (C=N–C) groups is 1. The Kier molecular flexibility index (Phi) is 4.88. The zero-order valence-electron chi connectivity index (χ0n) is 14.7. The van der Waals surface area contributed by atoms with Gasteiger partial charge in [0.25, 0.3) is 0 Å². The van der Waals surface area contributed by atoms with Crippen molar-refractivity contribution in [3.05, 3.63) is 59.7 Å². The van der Waals surface area contributed by atoms with Crippen LogP contribution in [0.4, 0.5) is 0 Å². The molecule has 0 aromatic heterocycles. The van der Waals surface area contributed by atoms with Crippen LogP contribution >= 0.6 is 0 Å². The minimum absolute atomic E-state index is 0.00128. The smallest absolute Gasteiger partial charge is 0.154 e. The molecule has 0 saturated heterocycles. The van der Waals surface area contributed by atoms with Gasteiger partial charge in [-0.05, 0) is 35.1 Å². The predicted molar refractivity (Wildman–Crippen MR) is 96.4 cm³/mol. The largest absolute Gasteiger partial charge is 0.599 e. The van der Waals surface area contributed by atoms with Crippen LogP contribution in [0.15, 0.2) is 53.5 Å². The number of benzene rings is 2. The second-order valence-electron chi connectivity index (χ2n) is 6.73. The summed E-state index contributed by atoms with van der Waals surface area (Å²) in [4.78, 5) is 15.5. The molecule has 0 radical (unpaired) electrons. The summed E-state index contributed by atoms with van der Waals surface area (Å²) in [6.45, 7) is 5.41. The highest BCUT2D eigenvalue weighted by molar-refractivity contribution is 5.84. The molecule has 0 saturated carbocycles. The van der Waals surface area contributed by atoms with E-state index in [1.807, 2.05) is 38.1 Å². The maximum atomic E-state index is 12.1. The standard InChI is InChI=1S/C21H23NO3/c1-13(2)20(14(3)23)22-21(24)25-12-19-17-10-6-4-8-15(17)16-9-5-7-11-18(16)19/h4-11,13,19-20H,12H2,1-3H3,(H,22,24)/p-1/t20-/m0/s1. The van der Waals surface area contributed by atoms with E-state index >= 15 is 0 Å². The SMILES string of the molecule is CC(=O)[C@@H](N=C([O-])OCC1c2ccccc2-c2ccccc21)C(C)C. The van der Waals surface area contributed by atoms with E-state index in [2.05, 4.69) is 29.3 Å². The molecule has 0 spiro atoms. The molecule has 1 atom stereocenters. The van der Waals surface area contributed by atoms with Crippen LogP contribution in [0.1, 0.15) is 37.8 Å². The fourth-order valence-corrected chi connectivity index (χ4v) is 3.45. The van der Waals surface area contributed by atoms with Crippen molar-refractivity contribution in [3.63, 3.8) is 0 Å². The number of nitrogens with zero attached hydrogens (tertiary/aromatic N) is 1. The van der Waals surface area contributed by atoms with E-state index in [4.69, 9.17) is 4.74 Å². The zero-order valence-corrected chi connectivity index (χ0v) is 14.7. The fourth-order valence-electron chi connectivity index (χ4n) is 3.45. The second-order valence-corrected chi connectivity index (χ2v) is 6.73. The van der Waals surface area contributed by atoms with Gasteiger partial charge in [0.2, 0.25) is 0 Å². The number of fused-ring (bicyclic) bond motifs is 3. The third-order valence-corrected chi connectivity index (χ3v) is 4.63. The molecule has 0 unspecified atom stereocenters. The Morgan fingerprint density at radius 3 is 2.08 bits per heavy atom. The van der Waals surface area contributed by atoms with Crippen LogP contribution in [0.2, 0.25) is 0 Å². The van der Waals surface area contributed by atoms with Crippen molar-refractivity contribution in [2.24, 2.45) is 10.9 Å². The van der Waals surface area contributed by atoms with Gasteiger partial charge in [0.15, 0.2) is 5.78 Å². The number of Topliss-reactive ketones (excluding diaryl/α,β-unsaturated/α-hetero) is 1. The minimum atomic E-state index is -0.671. The van der Waals surface area contributed by atoms with Crippen LogP contribution in [0, 0.1) is 5.92 Å². The van der Waals surface area contributed by atoms with Gasteiger partial charge >= 0.3 is 0 Å². The summed E-state index contributed by atoms with van der Waals surface area (Å²) in [5.41, 5.74) is 4.67. The minimum Gasteiger partial charge on any atom is -0.599 e. The average molecular weight is 336 g/mol. The molecule has 0 heterocycles. The van der Waals surface area contributed by atoms with Crippen LogP contribution in [-0.4, -0.2) is 24.5 Å². The molecule has 25 heavy (non-hydrogen) atoms. The van der Waals surface area contributed by atoms with Gasteiger partial charge in [-0.15, -0.1) is 0 Å². The molecule has 4 heteroatoms. The molecule has 2 aromatic carbocycles. The van der Waals surface area contributed by atoms with E-state index in [0.717, 1.165) is 11.1 Å². The molecule has 1 aliphatic carbocycles. The number of hydrogen-bond donors (Lipinski definition) is 0. The molecule has 0 bridgehead atoms. The topological polar surface area (TPSA) is 61.7 Å². The average Bonchev–Trinajstić information content (AvgIpc) is 2.91. The molecule has 0 N–H and O–H groups in total. The highest BCUT2D eigenvalue weighted by Gasteiger charge is 2.27. The van der Waals surface area contributed by atoms with Gasteiger partial charge in [-0.1, -0.05) is 62.4 Å². The monoisotopic (exact) mass is 336 g/mol. The number of ketones is 1. The first-order valence-corrected chi connectivity index (χ1v) is 8.55. The Bertz CT molecular complexity index is 765. The first-order valence-electron chi connectivity index (χ1n) is 8.55. The Balaban J connectivity index is 1.81. The van der Waals surface area contributed by atoms with Gasteiger partial charge in [-0.25, -0.2) is 0 Å². The van der Waals surface area contributed by atoms with E-state index < -0.39 is 12.1 Å². The summed E-state index contributed by atoms with van der Waals surface area (Å²) >= 11 is 0. The van der Waals surface area contributed by atoms with Crippen molar-refractivity contribution in [3.8, 4) is 11.1 Å². The third-order valence-electron chi connectivity index (χ3n) is 4.63. The number of hydrogen-bond acceptors (Lipinski definition) is 4. The molecule has 2 aromatic rings. The predicted octanol–water partition coefficient (Wildman–Crippen LogP) is 3.15. The van der Waals surface area contributed by atoms with Crippen LogP contribution in [0.3, 0.4) is 0 Å². The number of carbonyl (C=O) groups excluding carboxylic acids is 1. The quantitative estimate of drug-likeness (QED) is 0.622. The van der Waals surface area contributed by atoms with Gasteiger partial charge in [-0.3, -0.25) is 9.79 Å². The Hall–Kier alpha value is -2.62. The van der Waals surface area contributed by atoms with Crippen molar-refractivity contribution in [1.82, 2.24) is 0 Å². The molecule has 1 aliphatic rings. The Morgan fingerprint density at radius 1 is 1.08 bits per heavy atom. The summed E-state index contributed by atoms with van der Waals surface area (Å²) < 4.78 is 5.41. The lowest BCUT2D eigenvalue weighted by atomic mass is 9.98. The molecule has 0 aliphatic heterocycles. The van der Waals surface area contributed by atoms with Crippen molar-refractivity contribution < 1.29 is 14.6 Å².